The first kappa shape index (κ1) is 22.8. The van der Waals surface area contributed by atoms with Crippen molar-refractivity contribution in [1.29, 1.82) is 0 Å². The van der Waals surface area contributed by atoms with Gasteiger partial charge in [0.05, 0.1) is 0 Å². The van der Waals surface area contributed by atoms with E-state index >= 15 is 0 Å². The number of amides is 1. The third-order valence-corrected chi connectivity index (χ3v) is 6.91. The predicted molar refractivity (Wildman–Crippen MR) is 119 cm³/mol. The number of carbonyl (C=O) groups is 1. The van der Waals surface area contributed by atoms with Crippen LogP contribution in [0.3, 0.4) is 0 Å². The van der Waals surface area contributed by atoms with E-state index in [-0.39, 0.29) is 11.9 Å². The molecular weight excluding hydrogens is 449 g/mol. The van der Waals surface area contributed by atoms with E-state index in [9.17, 15) is 18.0 Å². The molecule has 6 nitrogen and oxygen atoms in total. The molecule has 4 heterocycles. The van der Waals surface area contributed by atoms with Crippen molar-refractivity contribution in [1.82, 2.24) is 10.2 Å². The lowest BCUT2D eigenvalue weighted by molar-refractivity contribution is -0.274. The van der Waals surface area contributed by atoms with E-state index < -0.39 is 24.1 Å². The molecule has 0 saturated carbocycles. The van der Waals surface area contributed by atoms with Crippen LogP contribution in [0.2, 0.25) is 0 Å². The lowest BCUT2D eigenvalue weighted by Crippen LogP contribution is -2.53. The van der Waals surface area contributed by atoms with Gasteiger partial charge in [-0.2, -0.15) is 0 Å². The van der Waals surface area contributed by atoms with Gasteiger partial charge in [-0.3, -0.25) is 4.90 Å². The normalized spacial score (nSPS) is 27.0. The van der Waals surface area contributed by atoms with Crippen LogP contribution in [-0.2, 0) is 4.74 Å². The van der Waals surface area contributed by atoms with E-state index in [0.29, 0.717) is 22.8 Å². The van der Waals surface area contributed by atoms with Crippen molar-refractivity contribution in [3.8, 4) is 22.6 Å². The van der Waals surface area contributed by atoms with Crippen LogP contribution in [0.1, 0.15) is 38.3 Å². The standard InChI is InChI=1S/C25H27F3N2O4/c1-24(2)22(29-23(31)32-21-14-30-10-8-15(21)9-11-30)19-7-6-17(13-20(19)34-24)16-4-3-5-18(12-16)33-25(26,27)28/h3-7,12-13,15,21-22H,8-11,14H2,1-2H3,(H,29,31)/t21-,22?/m1/s1. The summed E-state index contributed by atoms with van der Waals surface area (Å²) in [5.74, 6) is 0.690. The summed E-state index contributed by atoms with van der Waals surface area (Å²) >= 11 is 0. The van der Waals surface area contributed by atoms with Gasteiger partial charge in [0.1, 0.15) is 29.2 Å². The second-order valence-electron chi connectivity index (χ2n) is 9.69. The van der Waals surface area contributed by atoms with Crippen LogP contribution >= 0.6 is 0 Å². The number of nitrogens with zero attached hydrogens (tertiary/aromatic N) is 1. The molecule has 0 radical (unpaired) electrons. The Bertz CT molecular complexity index is 1080. The molecular formula is C25H27F3N2O4. The molecule has 4 aliphatic heterocycles. The highest BCUT2D eigenvalue weighted by Crippen LogP contribution is 2.45. The van der Waals surface area contributed by atoms with E-state index in [4.69, 9.17) is 9.47 Å². The molecule has 1 unspecified atom stereocenters. The van der Waals surface area contributed by atoms with Gasteiger partial charge in [0, 0.05) is 12.1 Å². The number of ether oxygens (including phenoxy) is 3. The van der Waals surface area contributed by atoms with E-state index in [1.165, 1.54) is 18.2 Å². The predicted octanol–water partition coefficient (Wildman–Crippen LogP) is 5.28. The molecule has 0 aliphatic carbocycles. The Morgan fingerprint density at radius 3 is 2.53 bits per heavy atom. The molecule has 6 rings (SSSR count). The fraction of sp³-hybridized carbons (Fsp3) is 0.480. The Morgan fingerprint density at radius 1 is 1.12 bits per heavy atom. The average molecular weight is 476 g/mol. The van der Waals surface area contributed by atoms with Crippen molar-refractivity contribution in [3.05, 3.63) is 48.0 Å². The molecule has 3 fully saturated rings. The Morgan fingerprint density at radius 2 is 1.85 bits per heavy atom. The van der Waals surface area contributed by atoms with Crippen LogP contribution in [0.15, 0.2) is 42.5 Å². The number of rotatable bonds is 4. The lowest BCUT2D eigenvalue weighted by Gasteiger charge is -2.44. The number of hydrogen-bond donors (Lipinski definition) is 1. The van der Waals surface area contributed by atoms with Crippen LogP contribution in [0.5, 0.6) is 11.5 Å². The van der Waals surface area contributed by atoms with Gasteiger partial charge in [-0.1, -0.05) is 24.3 Å². The summed E-state index contributed by atoms with van der Waals surface area (Å²) in [5, 5.41) is 2.98. The first-order valence-electron chi connectivity index (χ1n) is 11.5. The van der Waals surface area contributed by atoms with Crippen molar-refractivity contribution in [2.45, 2.75) is 50.8 Å². The zero-order valence-corrected chi connectivity index (χ0v) is 19.0. The highest BCUT2D eigenvalue weighted by Gasteiger charge is 2.44. The highest BCUT2D eigenvalue weighted by molar-refractivity contribution is 5.71. The number of alkyl halides is 3. The van der Waals surface area contributed by atoms with Gasteiger partial charge < -0.3 is 19.5 Å². The quantitative estimate of drug-likeness (QED) is 0.650. The molecule has 0 spiro atoms. The number of fused-ring (bicyclic) bond motifs is 4. The molecule has 2 atom stereocenters. The molecule has 182 valence electrons. The summed E-state index contributed by atoms with van der Waals surface area (Å²) < 4.78 is 53.7. The van der Waals surface area contributed by atoms with Gasteiger partial charge in [-0.25, -0.2) is 4.79 Å². The lowest BCUT2D eigenvalue weighted by atomic mass is 9.86. The number of piperidine rings is 3. The zero-order valence-electron chi connectivity index (χ0n) is 19.0. The summed E-state index contributed by atoms with van der Waals surface area (Å²) in [4.78, 5) is 15.1. The number of halogens is 3. The Kier molecular flexibility index (Phi) is 5.62. The number of alkyl carbamates (subject to hydrolysis) is 1. The Labute approximate surface area is 196 Å². The summed E-state index contributed by atoms with van der Waals surface area (Å²) in [6.07, 6.45) is -3.21. The van der Waals surface area contributed by atoms with Crippen LogP contribution in [0, 0.1) is 5.92 Å². The monoisotopic (exact) mass is 476 g/mol. The second-order valence-corrected chi connectivity index (χ2v) is 9.69. The average Bonchev–Trinajstić information content (AvgIpc) is 3.02. The third-order valence-electron chi connectivity index (χ3n) is 6.91. The van der Waals surface area contributed by atoms with Crippen LogP contribution < -0.4 is 14.8 Å². The Hall–Kier alpha value is -2.94. The highest BCUT2D eigenvalue weighted by atomic mass is 19.4. The molecule has 9 heteroatoms. The molecule has 1 N–H and O–H groups in total. The Balaban J connectivity index is 1.32. The third kappa shape index (κ3) is 4.66. The maximum atomic E-state index is 12.8. The van der Waals surface area contributed by atoms with E-state index in [1.54, 1.807) is 18.2 Å². The first-order valence-corrected chi connectivity index (χ1v) is 11.5. The molecule has 4 aliphatic rings. The molecule has 2 aromatic rings. The molecule has 1 amide bonds. The minimum absolute atomic E-state index is 0.0963. The van der Waals surface area contributed by atoms with Gasteiger partial charge in [0.25, 0.3) is 0 Å². The van der Waals surface area contributed by atoms with Crippen LogP contribution in [-0.4, -0.2) is 48.7 Å². The summed E-state index contributed by atoms with van der Waals surface area (Å²) in [7, 11) is 0. The number of nitrogens with one attached hydrogen (secondary N) is 1. The second kappa shape index (κ2) is 8.37. The fourth-order valence-corrected chi connectivity index (χ4v) is 5.22. The number of carbonyl (C=O) groups excluding carboxylic acids is 1. The van der Waals surface area contributed by atoms with Gasteiger partial charge >= 0.3 is 12.5 Å². The SMILES string of the molecule is CC1(C)Oc2cc(-c3cccc(OC(F)(F)F)c3)ccc2C1NC(=O)O[C@@H]1CN2CCC1CC2. The number of benzene rings is 2. The molecule has 34 heavy (non-hydrogen) atoms. The summed E-state index contributed by atoms with van der Waals surface area (Å²) in [5.41, 5.74) is 1.31. The van der Waals surface area contributed by atoms with E-state index in [2.05, 4.69) is 15.0 Å². The van der Waals surface area contributed by atoms with Gasteiger partial charge in [-0.05, 0) is 75.0 Å². The molecule has 3 saturated heterocycles. The van der Waals surface area contributed by atoms with Crippen molar-refractivity contribution in [3.63, 3.8) is 0 Å². The number of hydrogen-bond acceptors (Lipinski definition) is 5. The molecule has 2 aromatic carbocycles. The van der Waals surface area contributed by atoms with Gasteiger partial charge in [0.2, 0.25) is 0 Å². The summed E-state index contributed by atoms with van der Waals surface area (Å²) in [6.45, 7) is 6.67. The van der Waals surface area contributed by atoms with Gasteiger partial charge in [-0.15, -0.1) is 13.2 Å². The summed E-state index contributed by atoms with van der Waals surface area (Å²) in [6, 6.07) is 10.8. The van der Waals surface area contributed by atoms with Crippen molar-refractivity contribution >= 4 is 6.09 Å². The van der Waals surface area contributed by atoms with Crippen molar-refractivity contribution in [2.24, 2.45) is 5.92 Å². The minimum atomic E-state index is -4.76. The van der Waals surface area contributed by atoms with Crippen LogP contribution in [0.25, 0.3) is 11.1 Å². The van der Waals surface area contributed by atoms with E-state index in [1.807, 2.05) is 19.9 Å². The topological polar surface area (TPSA) is 60.0 Å². The maximum Gasteiger partial charge on any atom is 0.573 e. The van der Waals surface area contributed by atoms with E-state index in [0.717, 1.165) is 38.0 Å². The molecule has 2 bridgehead atoms. The minimum Gasteiger partial charge on any atom is -0.485 e. The smallest absolute Gasteiger partial charge is 0.485 e. The zero-order chi connectivity index (χ0) is 24.1. The van der Waals surface area contributed by atoms with Crippen molar-refractivity contribution < 1.29 is 32.2 Å². The van der Waals surface area contributed by atoms with Crippen molar-refractivity contribution in [2.75, 3.05) is 19.6 Å². The largest absolute Gasteiger partial charge is 0.573 e. The molecule has 0 aromatic heterocycles. The maximum absolute atomic E-state index is 12.8. The van der Waals surface area contributed by atoms with Crippen LogP contribution in [0.4, 0.5) is 18.0 Å². The van der Waals surface area contributed by atoms with Gasteiger partial charge in [0.15, 0.2) is 0 Å². The fourth-order valence-electron chi connectivity index (χ4n) is 5.22. The first-order chi connectivity index (χ1) is 16.1.